The molecule has 3 nitrogen and oxygen atoms in total. The molecule has 3 aromatic carbocycles. The third-order valence-corrected chi connectivity index (χ3v) is 10.0. The number of hydrogen-bond donors (Lipinski definition) is 0. The van der Waals surface area contributed by atoms with Crippen molar-refractivity contribution in [2.24, 2.45) is 0 Å². The van der Waals surface area contributed by atoms with Crippen molar-refractivity contribution in [1.29, 1.82) is 0 Å². The molecule has 0 unspecified atom stereocenters. The molecule has 0 saturated carbocycles. The van der Waals surface area contributed by atoms with E-state index in [1.807, 2.05) is 37.3 Å². The fourth-order valence-electron chi connectivity index (χ4n) is 2.09. The number of halogens is 2. The number of hydrogen-bond acceptors (Lipinski definition) is 3. The first-order valence-corrected chi connectivity index (χ1v) is 12.8. The zero-order valence-corrected chi connectivity index (χ0v) is 18.1. The molecule has 0 amide bonds. The van der Waals surface area contributed by atoms with Gasteiger partial charge in [0.05, 0.1) is 0 Å². The Morgan fingerprint density at radius 2 is 1.52 bits per heavy atom. The van der Waals surface area contributed by atoms with Gasteiger partial charge < -0.3 is 0 Å². The van der Waals surface area contributed by atoms with Gasteiger partial charge in [-0.3, -0.25) is 0 Å². The number of benzene rings is 3. The van der Waals surface area contributed by atoms with Crippen molar-refractivity contribution in [2.75, 3.05) is 0 Å². The van der Waals surface area contributed by atoms with Crippen LogP contribution >= 0.6 is 31.8 Å². The van der Waals surface area contributed by atoms with Crippen LogP contribution in [0.4, 0.5) is 0 Å². The van der Waals surface area contributed by atoms with E-state index in [2.05, 4.69) is 9.85 Å². The molecule has 138 valence electrons. The van der Waals surface area contributed by atoms with Crippen LogP contribution in [0.2, 0.25) is 5.02 Å². The summed E-state index contributed by atoms with van der Waals surface area (Å²) in [7, 11) is -3.89. The van der Waals surface area contributed by atoms with E-state index in [9.17, 15) is 8.42 Å². The standard InChI is InChI=1S/C21H16ClIO3S/c1-17-7-13-21(14-8-17)27(24,25)26-23(20-5-3-2-4-6-20)16-15-18-9-11-19(22)12-10-18/h2-14H,1H3. The van der Waals surface area contributed by atoms with Crippen LogP contribution < -0.4 is 0 Å². The fraction of sp³-hybridized carbons (Fsp3) is 0.0476. The third-order valence-electron chi connectivity index (χ3n) is 3.51. The molecule has 0 heterocycles. The summed E-state index contributed by atoms with van der Waals surface area (Å²) >= 11 is 3.12. The molecule has 0 aromatic heterocycles. The Kier molecular flexibility index (Phi) is 6.55. The normalized spacial score (nSPS) is 11.4. The summed E-state index contributed by atoms with van der Waals surface area (Å²) in [5.41, 5.74) is 1.74. The first-order chi connectivity index (χ1) is 12.9. The Bertz CT molecular complexity index is 1070. The van der Waals surface area contributed by atoms with E-state index < -0.39 is 30.4 Å². The first kappa shape index (κ1) is 19.9. The van der Waals surface area contributed by atoms with Gasteiger partial charge in [0.15, 0.2) is 0 Å². The molecule has 0 aliphatic rings. The topological polar surface area (TPSA) is 43.4 Å². The van der Waals surface area contributed by atoms with Gasteiger partial charge in [-0.05, 0) is 0 Å². The van der Waals surface area contributed by atoms with Gasteiger partial charge in [-0.1, -0.05) is 0 Å². The number of aryl methyl sites for hydroxylation is 1. The van der Waals surface area contributed by atoms with Crippen molar-refractivity contribution in [1.82, 2.24) is 0 Å². The quantitative estimate of drug-likeness (QED) is 0.336. The van der Waals surface area contributed by atoms with Crippen molar-refractivity contribution in [2.45, 2.75) is 11.8 Å². The molecule has 6 heteroatoms. The first-order valence-electron chi connectivity index (χ1n) is 7.98. The Morgan fingerprint density at radius 1 is 0.889 bits per heavy atom. The molecule has 3 rings (SSSR count). The predicted molar refractivity (Wildman–Crippen MR) is 117 cm³/mol. The van der Waals surface area contributed by atoms with E-state index in [0.29, 0.717) is 5.02 Å². The minimum atomic E-state index is -3.89. The Morgan fingerprint density at radius 3 is 2.15 bits per heavy atom. The molecule has 0 fully saturated rings. The van der Waals surface area contributed by atoms with Gasteiger partial charge in [0.2, 0.25) is 0 Å². The molecule has 0 aliphatic carbocycles. The second-order valence-corrected chi connectivity index (χ2v) is 11.8. The van der Waals surface area contributed by atoms with Crippen LogP contribution in [-0.4, -0.2) is 8.42 Å². The van der Waals surface area contributed by atoms with Gasteiger partial charge in [-0.2, -0.15) is 0 Å². The molecule has 27 heavy (non-hydrogen) atoms. The summed E-state index contributed by atoms with van der Waals surface area (Å²) in [5, 5.41) is 0.622. The van der Waals surface area contributed by atoms with Crippen LogP contribution in [-0.2, 0) is 12.6 Å². The van der Waals surface area contributed by atoms with Gasteiger partial charge in [-0.15, -0.1) is 0 Å². The second-order valence-electron chi connectivity index (χ2n) is 5.60. The SMILES string of the molecule is Cc1ccc(S(=O)(=O)OI(C#Cc2ccc(Cl)cc2)c2ccccc2)cc1. The van der Waals surface area contributed by atoms with Gasteiger partial charge in [0.1, 0.15) is 0 Å². The molecule has 0 spiro atoms. The van der Waals surface area contributed by atoms with Crippen LogP contribution in [0.3, 0.4) is 0 Å². The van der Waals surface area contributed by atoms with Crippen LogP contribution in [0.25, 0.3) is 0 Å². The molecule has 0 saturated heterocycles. The van der Waals surface area contributed by atoms with Crippen LogP contribution in [0.5, 0.6) is 0 Å². The maximum absolute atomic E-state index is 12.7. The number of rotatable bonds is 4. The van der Waals surface area contributed by atoms with Gasteiger partial charge in [-0.25, -0.2) is 0 Å². The monoisotopic (exact) mass is 510 g/mol. The molecule has 0 atom stereocenters. The zero-order valence-electron chi connectivity index (χ0n) is 14.4. The molecular weight excluding hydrogens is 495 g/mol. The van der Waals surface area contributed by atoms with Crippen molar-refractivity contribution >= 4 is 42.0 Å². The van der Waals surface area contributed by atoms with Gasteiger partial charge in [0.25, 0.3) is 0 Å². The summed E-state index contributed by atoms with van der Waals surface area (Å²) in [6, 6.07) is 23.0. The van der Waals surface area contributed by atoms with Crippen molar-refractivity contribution in [3.8, 4) is 9.85 Å². The summed E-state index contributed by atoms with van der Waals surface area (Å²) in [6.07, 6.45) is 0. The average molecular weight is 511 g/mol. The van der Waals surface area contributed by atoms with Crippen LogP contribution in [0, 0.1) is 20.3 Å². The molecule has 0 aliphatic heterocycles. The van der Waals surface area contributed by atoms with Crippen LogP contribution in [0.15, 0.2) is 83.8 Å². The Hall–Kier alpha value is -1.85. The van der Waals surface area contributed by atoms with Crippen LogP contribution in [0.1, 0.15) is 11.1 Å². The van der Waals surface area contributed by atoms with E-state index in [1.165, 1.54) is 0 Å². The summed E-state index contributed by atoms with van der Waals surface area (Å²) < 4.78 is 34.9. The van der Waals surface area contributed by atoms with Gasteiger partial charge in [0, 0.05) is 0 Å². The van der Waals surface area contributed by atoms with Gasteiger partial charge >= 0.3 is 173 Å². The maximum atomic E-state index is 12.7. The van der Waals surface area contributed by atoms with Crippen molar-refractivity contribution in [3.05, 3.63) is 98.6 Å². The molecule has 0 bridgehead atoms. The van der Waals surface area contributed by atoms with E-state index in [-0.39, 0.29) is 4.90 Å². The van der Waals surface area contributed by atoms with E-state index in [1.54, 1.807) is 48.5 Å². The predicted octanol–water partition coefficient (Wildman–Crippen LogP) is 5.65. The average Bonchev–Trinajstić information content (AvgIpc) is 2.67. The molecule has 3 aromatic rings. The Labute approximate surface area is 172 Å². The van der Waals surface area contributed by atoms with Crippen molar-refractivity contribution < 1.29 is 10.9 Å². The van der Waals surface area contributed by atoms with E-state index >= 15 is 0 Å². The minimum absolute atomic E-state index is 0.139. The summed E-state index contributed by atoms with van der Waals surface area (Å²) in [4.78, 5) is 0.139. The zero-order chi connectivity index (χ0) is 19.3. The Balaban J connectivity index is 1.93. The summed E-state index contributed by atoms with van der Waals surface area (Å²) in [5.74, 6) is 3.03. The summed E-state index contributed by atoms with van der Waals surface area (Å²) in [6.45, 7) is 1.90. The second kappa shape index (κ2) is 8.89. The molecular formula is C21H16ClIO3S. The van der Waals surface area contributed by atoms with E-state index in [4.69, 9.17) is 14.1 Å². The van der Waals surface area contributed by atoms with Crippen molar-refractivity contribution in [3.63, 3.8) is 0 Å². The molecule has 0 N–H and O–H groups in total. The molecule has 0 radical (unpaired) electrons. The third kappa shape index (κ3) is 5.56. The fourth-order valence-corrected chi connectivity index (χ4v) is 7.90. The van der Waals surface area contributed by atoms with E-state index in [0.717, 1.165) is 14.7 Å².